The summed E-state index contributed by atoms with van der Waals surface area (Å²) in [7, 11) is 0. The Balaban J connectivity index is 1.93. The van der Waals surface area contributed by atoms with Crippen molar-refractivity contribution in [1.82, 2.24) is 19.6 Å². The van der Waals surface area contributed by atoms with Gasteiger partial charge in [-0.15, -0.1) is 10.2 Å². The second-order valence-corrected chi connectivity index (χ2v) is 6.07. The molecule has 0 aromatic carbocycles. The number of fused-ring (bicyclic) bond motifs is 1. The molecule has 0 N–H and O–H groups in total. The maximum absolute atomic E-state index is 12.0. The van der Waals surface area contributed by atoms with Gasteiger partial charge in [0.2, 0.25) is 0 Å². The second kappa shape index (κ2) is 5.10. The third kappa shape index (κ3) is 2.66. The molecular formula is C12H10N4OS2. The minimum absolute atomic E-state index is 0.0541. The molecule has 0 aliphatic carbocycles. The number of hydrogen-bond acceptors (Lipinski definition) is 6. The normalized spacial score (nSPS) is 11.0. The van der Waals surface area contributed by atoms with Gasteiger partial charge in [-0.1, -0.05) is 29.2 Å². The average Bonchev–Trinajstić information content (AvgIpc) is 2.90. The van der Waals surface area contributed by atoms with Crippen molar-refractivity contribution < 1.29 is 0 Å². The number of nitrogens with zero attached hydrogens (tertiary/aromatic N) is 4. The van der Waals surface area contributed by atoms with Crippen LogP contribution in [0.3, 0.4) is 0 Å². The first-order valence-electron chi connectivity index (χ1n) is 5.60. The summed E-state index contributed by atoms with van der Waals surface area (Å²) in [5, 5.41) is 7.72. The lowest BCUT2D eigenvalue weighted by Gasteiger charge is -2.03. The zero-order chi connectivity index (χ0) is 13.2. The molecule has 0 saturated carbocycles. The molecule has 3 heterocycles. The minimum atomic E-state index is -0.0541. The Kier molecular flexibility index (Phi) is 3.31. The van der Waals surface area contributed by atoms with Crippen LogP contribution in [-0.4, -0.2) is 19.6 Å². The largest absolute Gasteiger partial charge is 0.269 e. The quantitative estimate of drug-likeness (QED) is 0.692. The molecule has 0 fully saturated rings. The van der Waals surface area contributed by atoms with Gasteiger partial charge in [-0.3, -0.25) is 9.20 Å². The van der Waals surface area contributed by atoms with Gasteiger partial charge < -0.3 is 0 Å². The molecule has 7 heteroatoms. The molecule has 3 aromatic rings. The van der Waals surface area contributed by atoms with Crippen LogP contribution in [0.25, 0.3) is 5.65 Å². The molecule has 3 rings (SSSR count). The SMILES string of the molecule is Cc1ccc2nc(CSc3nncs3)cc(=O)n2c1. The fourth-order valence-corrected chi connectivity index (χ4v) is 3.07. The van der Waals surface area contributed by atoms with E-state index in [1.807, 2.05) is 19.1 Å². The van der Waals surface area contributed by atoms with Gasteiger partial charge in [0.15, 0.2) is 4.34 Å². The van der Waals surface area contributed by atoms with E-state index in [0.29, 0.717) is 11.4 Å². The summed E-state index contributed by atoms with van der Waals surface area (Å²) in [4.78, 5) is 16.5. The van der Waals surface area contributed by atoms with E-state index in [1.54, 1.807) is 22.2 Å². The highest BCUT2D eigenvalue weighted by atomic mass is 32.2. The van der Waals surface area contributed by atoms with Crippen molar-refractivity contribution >= 4 is 28.7 Å². The zero-order valence-corrected chi connectivity index (χ0v) is 11.7. The monoisotopic (exact) mass is 290 g/mol. The van der Waals surface area contributed by atoms with Crippen molar-refractivity contribution in [2.45, 2.75) is 17.0 Å². The first-order valence-corrected chi connectivity index (χ1v) is 7.47. The molecule has 0 aliphatic heterocycles. The van der Waals surface area contributed by atoms with Crippen LogP contribution >= 0.6 is 23.1 Å². The molecule has 0 amide bonds. The van der Waals surface area contributed by atoms with Gasteiger partial charge in [0.05, 0.1) is 5.69 Å². The molecule has 0 spiro atoms. The predicted octanol–water partition coefficient (Wildman–Crippen LogP) is 2.15. The van der Waals surface area contributed by atoms with E-state index in [1.165, 1.54) is 23.1 Å². The van der Waals surface area contributed by atoms with E-state index in [0.717, 1.165) is 15.6 Å². The van der Waals surface area contributed by atoms with Gasteiger partial charge >= 0.3 is 0 Å². The average molecular weight is 290 g/mol. The maximum Gasteiger partial charge on any atom is 0.258 e. The molecule has 0 saturated heterocycles. The summed E-state index contributed by atoms with van der Waals surface area (Å²) in [6.07, 6.45) is 1.80. The molecule has 3 aromatic heterocycles. The number of aromatic nitrogens is 4. The lowest BCUT2D eigenvalue weighted by Crippen LogP contribution is -2.15. The Morgan fingerprint density at radius 1 is 1.42 bits per heavy atom. The van der Waals surface area contributed by atoms with Crippen LogP contribution in [0.15, 0.2) is 39.0 Å². The van der Waals surface area contributed by atoms with Crippen molar-refractivity contribution in [3.63, 3.8) is 0 Å². The van der Waals surface area contributed by atoms with E-state index >= 15 is 0 Å². The number of rotatable bonds is 3. The standard InChI is InChI=1S/C12H10N4OS2/c1-8-2-3-10-14-9(4-11(17)16(10)5-8)6-18-12-15-13-7-19-12/h2-5,7H,6H2,1H3. The van der Waals surface area contributed by atoms with Crippen LogP contribution in [0.4, 0.5) is 0 Å². The second-order valence-electron chi connectivity index (χ2n) is 4.01. The third-order valence-electron chi connectivity index (χ3n) is 2.54. The number of hydrogen-bond donors (Lipinski definition) is 0. The third-order valence-corrected chi connectivity index (χ3v) is 4.44. The molecule has 0 aliphatic rings. The predicted molar refractivity (Wildman–Crippen MR) is 75.7 cm³/mol. The van der Waals surface area contributed by atoms with Crippen molar-refractivity contribution in [3.8, 4) is 0 Å². The summed E-state index contributed by atoms with van der Waals surface area (Å²) in [6.45, 7) is 1.95. The van der Waals surface area contributed by atoms with Crippen molar-refractivity contribution in [1.29, 1.82) is 0 Å². The van der Waals surface area contributed by atoms with E-state index in [9.17, 15) is 4.79 Å². The first kappa shape index (κ1) is 12.3. The van der Waals surface area contributed by atoms with E-state index < -0.39 is 0 Å². The first-order chi connectivity index (χ1) is 9.22. The van der Waals surface area contributed by atoms with Crippen LogP contribution in [-0.2, 0) is 5.75 Å². The van der Waals surface area contributed by atoms with Crippen LogP contribution < -0.4 is 5.56 Å². The Morgan fingerprint density at radius 2 is 2.32 bits per heavy atom. The molecule has 0 unspecified atom stereocenters. The van der Waals surface area contributed by atoms with E-state index in [-0.39, 0.29) is 5.56 Å². The van der Waals surface area contributed by atoms with Gasteiger partial charge in [-0.2, -0.15) is 0 Å². The van der Waals surface area contributed by atoms with Gasteiger partial charge in [0, 0.05) is 18.0 Å². The number of thioether (sulfide) groups is 1. The van der Waals surface area contributed by atoms with E-state index in [4.69, 9.17) is 0 Å². The molecule has 5 nitrogen and oxygen atoms in total. The van der Waals surface area contributed by atoms with Gasteiger partial charge in [0.25, 0.3) is 5.56 Å². The fraction of sp³-hybridized carbons (Fsp3) is 0.167. The fourth-order valence-electron chi connectivity index (χ4n) is 1.69. The maximum atomic E-state index is 12.0. The van der Waals surface area contributed by atoms with Crippen LogP contribution in [0.1, 0.15) is 11.3 Å². The minimum Gasteiger partial charge on any atom is -0.269 e. The van der Waals surface area contributed by atoms with Gasteiger partial charge in [-0.05, 0) is 18.6 Å². The highest BCUT2D eigenvalue weighted by Crippen LogP contribution is 2.22. The highest BCUT2D eigenvalue weighted by Gasteiger charge is 2.05. The summed E-state index contributed by atoms with van der Waals surface area (Å²) in [6, 6.07) is 5.37. The lowest BCUT2D eigenvalue weighted by atomic mass is 10.3. The van der Waals surface area contributed by atoms with Crippen LogP contribution in [0, 0.1) is 6.92 Å². The zero-order valence-electron chi connectivity index (χ0n) is 10.1. The smallest absolute Gasteiger partial charge is 0.258 e. The topological polar surface area (TPSA) is 60.2 Å². The Hall–Kier alpha value is -1.73. The molecule has 96 valence electrons. The van der Waals surface area contributed by atoms with Crippen molar-refractivity contribution in [2.75, 3.05) is 0 Å². The van der Waals surface area contributed by atoms with Crippen molar-refractivity contribution in [2.24, 2.45) is 0 Å². The molecule has 0 atom stereocenters. The van der Waals surface area contributed by atoms with E-state index in [2.05, 4.69) is 15.2 Å². The van der Waals surface area contributed by atoms with Crippen LogP contribution in [0.2, 0.25) is 0 Å². The van der Waals surface area contributed by atoms with Gasteiger partial charge in [-0.25, -0.2) is 4.98 Å². The Morgan fingerprint density at radius 3 is 3.11 bits per heavy atom. The molecule has 0 bridgehead atoms. The molecular weight excluding hydrogens is 280 g/mol. The van der Waals surface area contributed by atoms with Crippen LogP contribution in [0.5, 0.6) is 0 Å². The Bertz CT molecular complexity index is 767. The van der Waals surface area contributed by atoms with Gasteiger partial charge in [0.1, 0.15) is 11.2 Å². The number of aryl methyl sites for hydroxylation is 1. The van der Waals surface area contributed by atoms with Crippen molar-refractivity contribution in [3.05, 3.63) is 51.5 Å². The summed E-state index contributed by atoms with van der Waals surface area (Å²) >= 11 is 3.02. The Labute approximate surface area is 117 Å². The lowest BCUT2D eigenvalue weighted by molar-refractivity contribution is 0.994. The summed E-state index contributed by atoms with van der Waals surface area (Å²) < 4.78 is 2.44. The summed E-state index contributed by atoms with van der Waals surface area (Å²) in [5.74, 6) is 0.620. The summed E-state index contributed by atoms with van der Waals surface area (Å²) in [5.41, 5.74) is 4.10. The number of pyridine rings is 1. The molecule has 0 radical (unpaired) electrons. The molecule has 19 heavy (non-hydrogen) atoms. The highest BCUT2D eigenvalue weighted by molar-refractivity contribution is 8.00.